The van der Waals surface area contributed by atoms with Gasteiger partial charge in [-0.3, -0.25) is 4.99 Å². The summed E-state index contributed by atoms with van der Waals surface area (Å²) in [5, 5.41) is 4.47. The van der Waals surface area contributed by atoms with Crippen LogP contribution in [0.5, 0.6) is 5.75 Å². The Labute approximate surface area is 201 Å². The lowest BCUT2D eigenvalue weighted by molar-refractivity contribution is -0.144. The van der Waals surface area contributed by atoms with E-state index in [0.717, 1.165) is 44.0 Å². The molecular weight excluding hydrogens is 422 g/mol. The van der Waals surface area contributed by atoms with Crippen LogP contribution in [-0.4, -0.2) is 31.9 Å². The van der Waals surface area contributed by atoms with Crippen LogP contribution in [-0.2, 0) is 9.53 Å². The van der Waals surface area contributed by atoms with Crippen LogP contribution < -0.4 is 4.74 Å². The zero-order valence-electron chi connectivity index (χ0n) is 20.2. The molecule has 4 heteroatoms. The van der Waals surface area contributed by atoms with E-state index in [4.69, 9.17) is 14.5 Å². The summed E-state index contributed by atoms with van der Waals surface area (Å²) in [5.41, 5.74) is 3.09. The highest BCUT2D eigenvalue weighted by atomic mass is 16.5. The molecule has 0 aliphatic carbocycles. The fourth-order valence-corrected chi connectivity index (χ4v) is 4.46. The molecule has 4 rings (SSSR count). The van der Waals surface area contributed by atoms with Gasteiger partial charge in [0.15, 0.2) is 0 Å². The molecule has 4 aromatic carbocycles. The molecule has 4 aromatic rings. The van der Waals surface area contributed by atoms with Gasteiger partial charge in [0, 0.05) is 17.3 Å². The van der Waals surface area contributed by atoms with Gasteiger partial charge in [0.1, 0.15) is 11.8 Å². The number of carbonyl (C=O) groups excluding carboxylic acids is 1. The van der Waals surface area contributed by atoms with Crippen molar-refractivity contribution in [3.05, 3.63) is 78.4 Å². The summed E-state index contributed by atoms with van der Waals surface area (Å²) in [4.78, 5) is 17.2. The average Bonchev–Trinajstić information content (AvgIpc) is 2.85. The predicted octanol–water partition coefficient (Wildman–Crippen LogP) is 7.07. The summed E-state index contributed by atoms with van der Waals surface area (Å²) in [5.74, 6) is 0.875. The number of ether oxygens (including phenoxy) is 2. The van der Waals surface area contributed by atoms with Crippen LogP contribution in [0.2, 0.25) is 0 Å². The van der Waals surface area contributed by atoms with Crippen molar-refractivity contribution in [3.63, 3.8) is 0 Å². The number of fused-ring (bicyclic) bond motifs is 2. The Kier molecular flexibility index (Phi) is 7.27. The molecule has 1 atom stereocenters. The third kappa shape index (κ3) is 4.81. The Hall–Kier alpha value is -3.66. The lowest BCUT2D eigenvalue weighted by Crippen LogP contribution is -2.23. The molecule has 0 saturated heterocycles. The Morgan fingerprint density at radius 1 is 0.941 bits per heavy atom. The van der Waals surface area contributed by atoms with Crippen LogP contribution in [0.3, 0.4) is 0 Å². The van der Waals surface area contributed by atoms with E-state index in [9.17, 15) is 4.79 Å². The van der Waals surface area contributed by atoms with Gasteiger partial charge in [0.2, 0.25) is 0 Å². The lowest BCUT2D eigenvalue weighted by atomic mass is 9.91. The first-order valence-corrected chi connectivity index (χ1v) is 11.8. The molecule has 34 heavy (non-hydrogen) atoms. The van der Waals surface area contributed by atoms with Crippen LogP contribution >= 0.6 is 0 Å². The maximum atomic E-state index is 12.5. The molecule has 174 valence electrons. The number of aliphatic imine (C=N–C) groups is 1. The third-order valence-corrected chi connectivity index (χ3v) is 5.96. The molecule has 0 heterocycles. The molecule has 0 unspecified atom stereocenters. The zero-order chi connectivity index (χ0) is 24.1. The van der Waals surface area contributed by atoms with Crippen molar-refractivity contribution in [3.8, 4) is 16.9 Å². The number of benzene rings is 4. The number of methoxy groups -OCH3 is 1. The summed E-state index contributed by atoms with van der Waals surface area (Å²) >= 11 is 0. The number of hydrogen-bond acceptors (Lipinski definition) is 4. The fourth-order valence-electron chi connectivity index (χ4n) is 4.46. The van der Waals surface area contributed by atoms with E-state index in [-0.39, 0.29) is 5.97 Å². The van der Waals surface area contributed by atoms with E-state index in [0.29, 0.717) is 18.9 Å². The second-order valence-electron chi connectivity index (χ2n) is 8.79. The zero-order valence-corrected chi connectivity index (χ0v) is 20.2. The maximum Gasteiger partial charge on any atom is 0.330 e. The monoisotopic (exact) mass is 453 g/mol. The lowest BCUT2D eigenvalue weighted by Gasteiger charge is -2.16. The highest BCUT2D eigenvalue weighted by molar-refractivity contribution is 6.12. The van der Waals surface area contributed by atoms with Gasteiger partial charge in [-0.1, -0.05) is 80.6 Å². The van der Waals surface area contributed by atoms with E-state index in [1.54, 1.807) is 7.11 Å². The molecule has 0 aliphatic heterocycles. The van der Waals surface area contributed by atoms with Crippen molar-refractivity contribution in [2.75, 3.05) is 13.7 Å². The van der Waals surface area contributed by atoms with Crippen LogP contribution in [0, 0.1) is 5.92 Å². The number of carbonyl (C=O) groups is 1. The molecule has 4 nitrogen and oxygen atoms in total. The second kappa shape index (κ2) is 10.5. The Bertz CT molecular complexity index is 1330. The molecule has 0 spiro atoms. The second-order valence-corrected chi connectivity index (χ2v) is 8.79. The van der Waals surface area contributed by atoms with Crippen molar-refractivity contribution in [2.24, 2.45) is 10.9 Å². The first-order valence-electron chi connectivity index (χ1n) is 11.8. The summed E-state index contributed by atoms with van der Waals surface area (Å²) < 4.78 is 11.1. The molecule has 0 aliphatic rings. The molecule has 0 N–H and O–H groups in total. The standard InChI is InChI=1S/C30H31NO3/c1-5-34-30(32)26(18-20(2)3)31-19-23-13-8-11-22-12-9-15-25(28(22)23)29-24-14-7-6-10-21(24)16-17-27(29)33-4/h6-17,19-20,26H,5,18H2,1-4H3/t26-/m0/s1. The van der Waals surface area contributed by atoms with Gasteiger partial charge >= 0.3 is 5.97 Å². The van der Waals surface area contributed by atoms with Gasteiger partial charge in [0.25, 0.3) is 0 Å². The minimum atomic E-state index is -0.519. The Balaban J connectivity index is 1.91. The Morgan fingerprint density at radius 3 is 2.41 bits per heavy atom. The van der Waals surface area contributed by atoms with Gasteiger partial charge in [-0.25, -0.2) is 4.79 Å². The van der Waals surface area contributed by atoms with Gasteiger partial charge in [-0.05, 0) is 52.4 Å². The number of rotatable bonds is 8. The summed E-state index contributed by atoms with van der Waals surface area (Å²) in [6, 6.07) is 24.4. The smallest absolute Gasteiger partial charge is 0.330 e. The van der Waals surface area contributed by atoms with Gasteiger partial charge in [0.05, 0.1) is 13.7 Å². The summed E-state index contributed by atoms with van der Waals surface area (Å²) in [6.45, 7) is 6.35. The van der Waals surface area contributed by atoms with Crippen LogP contribution in [0.25, 0.3) is 32.7 Å². The quantitative estimate of drug-likeness (QED) is 0.212. The molecule has 0 saturated carbocycles. The molecule has 0 fully saturated rings. The van der Waals surface area contributed by atoms with Gasteiger partial charge in [-0.15, -0.1) is 0 Å². The van der Waals surface area contributed by atoms with Crippen molar-refractivity contribution in [1.82, 2.24) is 0 Å². The van der Waals surface area contributed by atoms with Crippen molar-refractivity contribution >= 4 is 33.7 Å². The molecule has 0 amide bonds. The highest BCUT2D eigenvalue weighted by Gasteiger charge is 2.20. The molecule has 0 aromatic heterocycles. The minimum Gasteiger partial charge on any atom is -0.496 e. The van der Waals surface area contributed by atoms with Crippen LogP contribution in [0.4, 0.5) is 0 Å². The van der Waals surface area contributed by atoms with E-state index in [1.165, 1.54) is 0 Å². The summed E-state index contributed by atoms with van der Waals surface area (Å²) in [7, 11) is 1.71. The SMILES string of the molecule is CCOC(=O)[C@H](CC(C)C)N=Cc1cccc2cccc(-c3c(OC)ccc4ccccc34)c12. The van der Waals surface area contributed by atoms with Crippen molar-refractivity contribution in [2.45, 2.75) is 33.2 Å². The topological polar surface area (TPSA) is 47.9 Å². The van der Waals surface area contributed by atoms with Gasteiger partial charge < -0.3 is 9.47 Å². The highest BCUT2D eigenvalue weighted by Crippen LogP contribution is 2.41. The fraction of sp³-hybridized carbons (Fsp3) is 0.267. The Morgan fingerprint density at radius 2 is 1.68 bits per heavy atom. The predicted molar refractivity (Wildman–Crippen MR) is 141 cm³/mol. The first-order chi connectivity index (χ1) is 16.5. The van der Waals surface area contributed by atoms with Crippen LogP contribution in [0.1, 0.15) is 32.8 Å². The van der Waals surface area contributed by atoms with E-state index < -0.39 is 6.04 Å². The van der Waals surface area contributed by atoms with E-state index >= 15 is 0 Å². The molecular formula is C30H31NO3. The van der Waals surface area contributed by atoms with E-state index in [1.807, 2.05) is 37.4 Å². The largest absolute Gasteiger partial charge is 0.496 e. The maximum absolute atomic E-state index is 12.5. The average molecular weight is 454 g/mol. The normalized spacial score (nSPS) is 12.5. The summed E-state index contributed by atoms with van der Waals surface area (Å²) in [6.07, 6.45) is 2.47. The van der Waals surface area contributed by atoms with Crippen molar-refractivity contribution in [1.29, 1.82) is 0 Å². The van der Waals surface area contributed by atoms with Crippen molar-refractivity contribution < 1.29 is 14.3 Å². The number of nitrogens with zero attached hydrogens (tertiary/aromatic N) is 1. The molecule has 0 radical (unpaired) electrons. The minimum absolute atomic E-state index is 0.274. The van der Waals surface area contributed by atoms with Gasteiger partial charge in [-0.2, -0.15) is 0 Å². The first kappa shape index (κ1) is 23.5. The van der Waals surface area contributed by atoms with E-state index in [2.05, 4.69) is 62.4 Å². The molecule has 0 bridgehead atoms. The number of hydrogen-bond donors (Lipinski definition) is 0. The van der Waals surface area contributed by atoms with Crippen LogP contribution in [0.15, 0.2) is 77.8 Å². The number of esters is 1. The third-order valence-electron chi connectivity index (χ3n) is 5.96.